The summed E-state index contributed by atoms with van der Waals surface area (Å²) in [7, 11) is 2.96. The van der Waals surface area contributed by atoms with E-state index < -0.39 is 5.76 Å². The number of ether oxygens (including phenoxy) is 1. The molecular weight excluding hydrogens is 210 g/mol. The number of aromatic nitrogens is 1. The number of carbonyl (C=O) groups excluding carboxylic acids is 1. The van der Waals surface area contributed by atoms with Crippen LogP contribution in [0.3, 0.4) is 0 Å². The van der Waals surface area contributed by atoms with Crippen molar-refractivity contribution in [1.82, 2.24) is 4.57 Å². The number of hydrogen-bond donors (Lipinski definition) is 0. The smallest absolute Gasteiger partial charge is 0.419 e. The van der Waals surface area contributed by atoms with Gasteiger partial charge in [0.05, 0.1) is 19.0 Å². The molecule has 0 spiro atoms. The highest BCUT2D eigenvalue weighted by atomic mass is 16.5. The largest absolute Gasteiger partial charge is 0.469 e. The summed E-state index contributed by atoms with van der Waals surface area (Å²) in [6.07, 6.45) is 0.186. The maximum absolute atomic E-state index is 11.2. The number of aryl methyl sites for hydroxylation is 1. The molecule has 5 heteroatoms. The third kappa shape index (κ3) is 1.71. The maximum Gasteiger partial charge on any atom is 0.419 e. The van der Waals surface area contributed by atoms with Gasteiger partial charge in [-0.15, -0.1) is 0 Å². The highest BCUT2D eigenvalue weighted by molar-refractivity contribution is 5.77. The predicted octanol–water partition coefficient (Wildman–Crippen LogP) is 0.847. The van der Waals surface area contributed by atoms with E-state index in [0.29, 0.717) is 11.1 Å². The van der Waals surface area contributed by atoms with Crippen molar-refractivity contribution in [3.05, 3.63) is 34.3 Å². The van der Waals surface area contributed by atoms with Gasteiger partial charge < -0.3 is 9.15 Å². The van der Waals surface area contributed by atoms with Crippen molar-refractivity contribution in [2.45, 2.75) is 6.42 Å². The standard InChI is InChI=1S/C11H11NO4/c1-12-8-5-7(6-10(13)15-2)3-4-9(8)16-11(12)14/h3-5H,6H2,1-2H3. The molecule has 16 heavy (non-hydrogen) atoms. The molecule has 0 bridgehead atoms. The van der Waals surface area contributed by atoms with Gasteiger partial charge in [0, 0.05) is 7.05 Å². The third-order valence-electron chi connectivity index (χ3n) is 2.43. The number of fused-ring (bicyclic) bond motifs is 1. The van der Waals surface area contributed by atoms with Gasteiger partial charge in [-0.2, -0.15) is 0 Å². The number of rotatable bonds is 2. The Morgan fingerprint density at radius 3 is 2.94 bits per heavy atom. The van der Waals surface area contributed by atoms with Crippen LogP contribution in [0.15, 0.2) is 27.4 Å². The first-order chi connectivity index (χ1) is 7.61. The van der Waals surface area contributed by atoms with Crippen LogP contribution in [0.2, 0.25) is 0 Å². The highest BCUT2D eigenvalue weighted by Crippen LogP contribution is 2.14. The molecule has 0 amide bonds. The van der Waals surface area contributed by atoms with E-state index in [0.717, 1.165) is 5.56 Å². The van der Waals surface area contributed by atoms with Crippen molar-refractivity contribution in [2.75, 3.05) is 7.11 Å². The summed E-state index contributed by atoms with van der Waals surface area (Å²) in [5.74, 6) is -0.724. The Bertz CT molecular complexity index is 594. The lowest BCUT2D eigenvalue weighted by atomic mass is 10.1. The number of hydrogen-bond acceptors (Lipinski definition) is 4. The first-order valence-electron chi connectivity index (χ1n) is 4.77. The van der Waals surface area contributed by atoms with Crippen molar-refractivity contribution in [1.29, 1.82) is 0 Å². The zero-order valence-corrected chi connectivity index (χ0v) is 9.02. The van der Waals surface area contributed by atoms with Crippen molar-refractivity contribution in [3.8, 4) is 0 Å². The summed E-state index contributed by atoms with van der Waals surface area (Å²) in [5.41, 5.74) is 1.98. The molecule has 1 aromatic heterocycles. The molecule has 5 nitrogen and oxygen atoms in total. The van der Waals surface area contributed by atoms with Crippen molar-refractivity contribution < 1.29 is 13.9 Å². The molecule has 1 heterocycles. The summed E-state index contributed by atoms with van der Waals surface area (Å²) in [5, 5.41) is 0. The molecule has 0 unspecified atom stereocenters. The molecule has 0 N–H and O–H groups in total. The van der Waals surface area contributed by atoms with Crippen molar-refractivity contribution in [3.63, 3.8) is 0 Å². The molecule has 1 aromatic carbocycles. The fourth-order valence-corrected chi connectivity index (χ4v) is 1.52. The fraction of sp³-hybridized carbons (Fsp3) is 0.273. The third-order valence-corrected chi connectivity index (χ3v) is 2.43. The van der Waals surface area contributed by atoms with Gasteiger partial charge in [-0.25, -0.2) is 4.79 Å². The van der Waals surface area contributed by atoms with Gasteiger partial charge in [-0.05, 0) is 17.7 Å². The molecule has 0 radical (unpaired) electrons. The van der Waals surface area contributed by atoms with Crippen LogP contribution in [0.5, 0.6) is 0 Å². The summed E-state index contributed by atoms with van der Waals surface area (Å²) in [6, 6.07) is 5.16. The fourth-order valence-electron chi connectivity index (χ4n) is 1.52. The first-order valence-corrected chi connectivity index (χ1v) is 4.77. The highest BCUT2D eigenvalue weighted by Gasteiger charge is 2.08. The zero-order chi connectivity index (χ0) is 11.7. The van der Waals surface area contributed by atoms with Gasteiger partial charge in [0.15, 0.2) is 5.58 Å². The number of benzene rings is 1. The van der Waals surface area contributed by atoms with E-state index in [1.807, 2.05) is 0 Å². The van der Waals surface area contributed by atoms with Gasteiger partial charge in [0.2, 0.25) is 0 Å². The van der Waals surface area contributed by atoms with Crippen LogP contribution in [-0.4, -0.2) is 17.6 Å². The van der Waals surface area contributed by atoms with Gasteiger partial charge >= 0.3 is 11.7 Å². The van der Waals surface area contributed by atoms with E-state index in [1.54, 1.807) is 25.2 Å². The monoisotopic (exact) mass is 221 g/mol. The van der Waals surface area contributed by atoms with Crippen LogP contribution < -0.4 is 5.76 Å². The minimum Gasteiger partial charge on any atom is -0.469 e. The molecule has 0 aliphatic heterocycles. The number of methoxy groups -OCH3 is 1. The van der Waals surface area contributed by atoms with Crippen molar-refractivity contribution in [2.24, 2.45) is 7.05 Å². The Labute approximate surface area is 91.2 Å². The number of carbonyl (C=O) groups is 1. The summed E-state index contributed by atoms with van der Waals surface area (Å²) < 4.78 is 10.9. The van der Waals surface area contributed by atoms with Crippen LogP contribution in [-0.2, 0) is 23.0 Å². The topological polar surface area (TPSA) is 61.4 Å². The van der Waals surface area contributed by atoms with E-state index in [1.165, 1.54) is 11.7 Å². The molecule has 0 saturated carbocycles. The Hall–Kier alpha value is -2.04. The molecule has 0 atom stereocenters. The maximum atomic E-state index is 11.2. The quantitative estimate of drug-likeness (QED) is 0.705. The second-order valence-corrected chi connectivity index (χ2v) is 3.48. The molecule has 2 rings (SSSR count). The van der Waals surface area contributed by atoms with Gasteiger partial charge in [-0.1, -0.05) is 6.07 Å². The Kier molecular flexibility index (Phi) is 2.52. The number of oxazole rings is 1. The second kappa shape index (κ2) is 3.84. The van der Waals surface area contributed by atoms with Crippen LogP contribution in [0.1, 0.15) is 5.56 Å². The van der Waals surface area contributed by atoms with Crippen LogP contribution >= 0.6 is 0 Å². The van der Waals surface area contributed by atoms with E-state index in [-0.39, 0.29) is 12.4 Å². The Balaban J connectivity index is 2.47. The lowest BCUT2D eigenvalue weighted by molar-refractivity contribution is -0.139. The van der Waals surface area contributed by atoms with E-state index in [4.69, 9.17) is 4.42 Å². The molecule has 0 aliphatic rings. The SMILES string of the molecule is COC(=O)Cc1ccc2oc(=O)n(C)c2c1. The van der Waals surface area contributed by atoms with E-state index in [9.17, 15) is 9.59 Å². The molecular formula is C11H11NO4. The van der Waals surface area contributed by atoms with Crippen LogP contribution in [0, 0.1) is 0 Å². The molecule has 0 saturated heterocycles. The average Bonchev–Trinajstić information content (AvgIpc) is 2.55. The lowest BCUT2D eigenvalue weighted by Gasteiger charge is -2.00. The van der Waals surface area contributed by atoms with Crippen LogP contribution in [0.4, 0.5) is 0 Å². The molecule has 84 valence electrons. The van der Waals surface area contributed by atoms with Gasteiger partial charge in [-0.3, -0.25) is 9.36 Å². The van der Waals surface area contributed by atoms with Crippen molar-refractivity contribution >= 4 is 17.1 Å². The normalized spacial score (nSPS) is 10.6. The average molecular weight is 221 g/mol. The van der Waals surface area contributed by atoms with Gasteiger partial charge in [0.1, 0.15) is 0 Å². The molecule has 0 aliphatic carbocycles. The van der Waals surface area contributed by atoms with Crippen LogP contribution in [0.25, 0.3) is 11.1 Å². The Morgan fingerprint density at radius 1 is 1.50 bits per heavy atom. The molecule has 2 aromatic rings. The minimum atomic E-state index is -0.412. The Morgan fingerprint density at radius 2 is 2.25 bits per heavy atom. The lowest BCUT2D eigenvalue weighted by Crippen LogP contribution is -2.08. The second-order valence-electron chi connectivity index (χ2n) is 3.48. The summed E-state index contributed by atoms with van der Waals surface area (Å²) in [6.45, 7) is 0. The number of nitrogens with zero attached hydrogens (tertiary/aromatic N) is 1. The summed E-state index contributed by atoms with van der Waals surface area (Å²) >= 11 is 0. The number of esters is 1. The summed E-state index contributed by atoms with van der Waals surface area (Å²) in [4.78, 5) is 22.3. The predicted molar refractivity (Wildman–Crippen MR) is 57.2 cm³/mol. The van der Waals surface area contributed by atoms with E-state index in [2.05, 4.69) is 4.74 Å². The van der Waals surface area contributed by atoms with Gasteiger partial charge in [0.25, 0.3) is 0 Å². The zero-order valence-electron chi connectivity index (χ0n) is 9.02. The molecule has 0 fully saturated rings. The first kappa shape index (κ1) is 10.5. The minimum absolute atomic E-state index is 0.186. The van der Waals surface area contributed by atoms with E-state index >= 15 is 0 Å².